The van der Waals surface area contributed by atoms with Gasteiger partial charge in [-0.25, -0.2) is 0 Å². The SMILES string of the molecule is CN(CC(=O)Nc1ccc(N2CCOCC2)cc1)C(=O)[C@H]1CC(=O)N(Cc2ccccc2Cl)C1. The van der Waals surface area contributed by atoms with Gasteiger partial charge in [-0.3, -0.25) is 14.4 Å². The standard InChI is InChI=1S/C25H29ClN4O4/c1-28(17-23(31)27-20-6-8-21(9-7-20)29-10-12-34-13-11-29)25(33)19-14-24(32)30(16-19)15-18-4-2-3-5-22(18)26/h2-9,19H,10-17H2,1H3,(H,27,31)/t19-/m0/s1. The molecule has 180 valence electrons. The van der Waals surface area contributed by atoms with Gasteiger partial charge in [-0.15, -0.1) is 0 Å². The van der Waals surface area contributed by atoms with Crippen LogP contribution in [0, 0.1) is 5.92 Å². The lowest BCUT2D eigenvalue weighted by molar-refractivity contribution is -0.137. The number of nitrogens with one attached hydrogen (secondary N) is 1. The monoisotopic (exact) mass is 484 g/mol. The first-order chi connectivity index (χ1) is 16.4. The number of amides is 3. The molecule has 0 saturated carbocycles. The van der Waals surface area contributed by atoms with Crippen LogP contribution in [0.5, 0.6) is 0 Å². The zero-order valence-electron chi connectivity index (χ0n) is 19.2. The smallest absolute Gasteiger partial charge is 0.243 e. The number of halogens is 1. The van der Waals surface area contributed by atoms with E-state index in [0.29, 0.717) is 37.0 Å². The van der Waals surface area contributed by atoms with E-state index in [-0.39, 0.29) is 30.7 Å². The lowest BCUT2D eigenvalue weighted by Crippen LogP contribution is -2.39. The minimum atomic E-state index is -0.472. The van der Waals surface area contributed by atoms with Gasteiger partial charge in [-0.2, -0.15) is 0 Å². The molecule has 0 aromatic heterocycles. The number of anilines is 2. The van der Waals surface area contributed by atoms with E-state index in [4.69, 9.17) is 16.3 Å². The predicted molar refractivity (Wildman–Crippen MR) is 131 cm³/mol. The fourth-order valence-electron chi connectivity index (χ4n) is 4.31. The van der Waals surface area contributed by atoms with Crippen molar-refractivity contribution in [2.75, 3.05) is 56.7 Å². The summed E-state index contributed by atoms with van der Waals surface area (Å²) in [6.45, 7) is 3.71. The van der Waals surface area contributed by atoms with Gasteiger partial charge in [0.1, 0.15) is 0 Å². The molecule has 0 spiro atoms. The Kier molecular flexibility index (Phi) is 7.70. The summed E-state index contributed by atoms with van der Waals surface area (Å²) in [7, 11) is 1.59. The molecule has 3 amide bonds. The Bertz CT molecular complexity index is 1040. The highest BCUT2D eigenvalue weighted by Gasteiger charge is 2.36. The molecule has 1 N–H and O–H groups in total. The summed E-state index contributed by atoms with van der Waals surface area (Å²) in [5, 5.41) is 3.43. The van der Waals surface area contributed by atoms with Crippen molar-refractivity contribution in [3.8, 4) is 0 Å². The summed E-state index contributed by atoms with van der Waals surface area (Å²) >= 11 is 6.21. The van der Waals surface area contributed by atoms with Crippen molar-refractivity contribution in [3.05, 3.63) is 59.1 Å². The summed E-state index contributed by atoms with van der Waals surface area (Å²) < 4.78 is 5.38. The normalized spacial score (nSPS) is 18.2. The minimum absolute atomic E-state index is 0.0841. The van der Waals surface area contributed by atoms with Crippen molar-refractivity contribution in [1.82, 2.24) is 9.80 Å². The average Bonchev–Trinajstić information content (AvgIpc) is 3.21. The van der Waals surface area contributed by atoms with Crippen molar-refractivity contribution in [2.45, 2.75) is 13.0 Å². The average molecular weight is 485 g/mol. The highest BCUT2D eigenvalue weighted by Crippen LogP contribution is 2.25. The van der Waals surface area contributed by atoms with E-state index < -0.39 is 5.92 Å². The number of carbonyl (C=O) groups excluding carboxylic acids is 3. The Labute approximate surface area is 204 Å². The maximum Gasteiger partial charge on any atom is 0.243 e. The van der Waals surface area contributed by atoms with Crippen molar-refractivity contribution in [1.29, 1.82) is 0 Å². The molecule has 0 unspecified atom stereocenters. The number of nitrogens with zero attached hydrogens (tertiary/aromatic N) is 3. The van der Waals surface area contributed by atoms with Crippen LogP contribution in [0.15, 0.2) is 48.5 Å². The third-order valence-electron chi connectivity index (χ3n) is 6.17. The van der Waals surface area contributed by atoms with Crippen LogP contribution in [0.3, 0.4) is 0 Å². The summed E-state index contributed by atoms with van der Waals surface area (Å²) in [5.74, 6) is -1.06. The van der Waals surface area contributed by atoms with E-state index in [1.807, 2.05) is 42.5 Å². The van der Waals surface area contributed by atoms with Crippen LogP contribution in [0.4, 0.5) is 11.4 Å². The van der Waals surface area contributed by atoms with Gasteiger partial charge >= 0.3 is 0 Å². The fourth-order valence-corrected chi connectivity index (χ4v) is 4.50. The molecule has 0 aliphatic carbocycles. The second-order valence-corrected chi connectivity index (χ2v) is 9.06. The largest absolute Gasteiger partial charge is 0.378 e. The maximum absolute atomic E-state index is 12.9. The van der Waals surface area contributed by atoms with Gasteiger partial charge in [-0.1, -0.05) is 29.8 Å². The van der Waals surface area contributed by atoms with Crippen LogP contribution in [0.1, 0.15) is 12.0 Å². The molecular formula is C25H29ClN4O4. The molecule has 2 saturated heterocycles. The minimum Gasteiger partial charge on any atom is -0.378 e. The molecule has 9 heteroatoms. The number of carbonyl (C=O) groups is 3. The van der Waals surface area contributed by atoms with Crippen LogP contribution in [0.25, 0.3) is 0 Å². The first-order valence-electron chi connectivity index (χ1n) is 11.4. The molecule has 34 heavy (non-hydrogen) atoms. The Balaban J connectivity index is 1.27. The Morgan fingerprint density at radius 1 is 1.12 bits per heavy atom. The quantitative estimate of drug-likeness (QED) is 0.653. The third kappa shape index (κ3) is 5.87. The number of hydrogen-bond donors (Lipinski definition) is 1. The van der Waals surface area contributed by atoms with Gasteiger partial charge in [0.15, 0.2) is 0 Å². The Morgan fingerprint density at radius 3 is 2.53 bits per heavy atom. The van der Waals surface area contributed by atoms with Crippen molar-refractivity contribution in [3.63, 3.8) is 0 Å². The molecule has 2 aliphatic heterocycles. The van der Waals surface area contributed by atoms with E-state index in [2.05, 4.69) is 10.2 Å². The zero-order valence-corrected chi connectivity index (χ0v) is 20.0. The van der Waals surface area contributed by atoms with Gasteiger partial charge in [0, 0.05) is 56.0 Å². The zero-order chi connectivity index (χ0) is 24.1. The van der Waals surface area contributed by atoms with Gasteiger partial charge in [-0.05, 0) is 35.9 Å². The molecule has 8 nitrogen and oxygen atoms in total. The van der Waals surface area contributed by atoms with Crippen LogP contribution in [-0.2, 0) is 25.7 Å². The molecule has 1 atom stereocenters. The van der Waals surface area contributed by atoms with Crippen molar-refractivity contribution in [2.24, 2.45) is 5.92 Å². The number of likely N-dealkylation sites (N-methyl/N-ethyl adjacent to an activating group) is 1. The summed E-state index contributed by atoms with van der Waals surface area (Å²) in [6, 6.07) is 15.0. The fraction of sp³-hybridized carbons (Fsp3) is 0.400. The van der Waals surface area contributed by atoms with Crippen LogP contribution < -0.4 is 10.2 Å². The van der Waals surface area contributed by atoms with Crippen LogP contribution in [-0.4, -0.2) is 74.0 Å². The summed E-state index contributed by atoms with van der Waals surface area (Å²) in [5.41, 5.74) is 2.60. The number of hydrogen-bond acceptors (Lipinski definition) is 5. The second kappa shape index (κ2) is 10.9. The molecule has 2 fully saturated rings. The third-order valence-corrected chi connectivity index (χ3v) is 6.54. The highest BCUT2D eigenvalue weighted by molar-refractivity contribution is 6.31. The van der Waals surface area contributed by atoms with E-state index in [1.54, 1.807) is 18.0 Å². The summed E-state index contributed by atoms with van der Waals surface area (Å²) in [6.07, 6.45) is 0.137. The van der Waals surface area contributed by atoms with E-state index >= 15 is 0 Å². The summed E-state index contributed by atoms with van der Waals surface area (Å²) in [4.78, 5) is 43.1. The molecular weight excluding hydrogens is 456 g/mol. The first-order valence-corrected chi connectivity index (χ1v) is 11.8. The molecule has 0 radical (unpaired) electrons. The Hall–Kier alpha value is -3.10. The number of rotatable bonds is 7. The van der Waals surface area contributed by atoms with Crippen LogP contribution >= 0.6 is 11.6 Å². The van der Waals surface area contributed by atoms with Crippen LogP contribution in [0.2, 0.25) is 5.02 Å². The highest BCUT2D eigenvalue weighted by atomic mass is 35.5. The molecule has 0 bridgehead atoms. The van der Waals surface area contributed by atoms with Gasteiger partial charge in [0.2, 0.25) is 17.7 Å². The molecule has 2 aliphatic rings. The lowest BCUT2D eigenvalue weighted by atomic mass is 10.1. The molecule has 2 aromatic rings. The van der Waals surface area contributed by atoms with Crippen molar-refractivity contribution < 1.29 is 19.1 Å². The first kappa shape index (κ1) is 24.0. The van der Waals surface area contributed by atoms with Gasteiger partial charge in [0.25, 0.3) is 0 Å². The Morgan fingerprint density at radius 2 is 1.82 bits per heavy atom. The van der Waals surface area contributed by atoms with E-state index in [9.17, 15) is 14.4 Å². The predicted octanol–water partition coefficient (Wildman–Crippen LogP) is 2.62. The van der Waals surface area contributed by atoms with Crippen molar-refractivity contribution >= 4 is 40.7 Å². The molecule has 2 aromatic carbocycles. The van der Waals surface area contributed by atoms with Gasteiger partial charge in [0.05, 0.1) is 25.7 Å². The number of ether oxygens (including phenoxy) is 1. The second-order valence-electron chi connectivity index (χ2n) is 8.66. The van der Waals surface area contributed by atoms with Gasteiger partial charge < -0.3 is 24.8 Å². The lowest BCUT2D eigenvalue weighted by Gasteiger charge is -2.29. The number of likely N-dealkylation sites (tertiary alicyclic amines) is 1. The molecule has 4 rings (SSSR count). The number of benzene rings is 2. The maximum atomic E-state index is 12.9. The topological polar surface area (TPSA) is 82.2 Å². The molecule has 2 heterocycles. The van der Waals surface area contributed by atoms with E-state index in [1.165, 1.54) is 4.90 Å². The number of morpholine rings is 1. The van der Waals surface area contributed by atoms with E-state index in [0.717, 1.165) is 24.3 Å².